The molecular weight excluding hydrogens is 312 g/mol. The molecule has 0 bridgehead atoms. The number of hydrogen-bond donors (Lipinski definition) is 0. The summed E-state index contributed by atoms with van der Waals surface area (Å²) in [5.74, 6) is 1.70. The second kappa shape index (κ2) is 5.42. The molecule has 1 amide bonds. The Morgan fingerprint density at radius 2 is 2.09 bits per heavy atom. The molecule has 0 spiro atoms. The van der Waals surface area contributed by atoms with Crippen molar-refractivity contribution in [1.82, 2.24) is 20.0 Å². The molecule has 1 saturated heterocycles. The van der Waals surface area contributed by atoms with Crippen LogP contribution in [0.15, 0.2) is 28.8 Å². The molecule has 1 aliphatic rings. The summed E-state index contributed by atoms with van der Waals surface area (Å²) in [6.45, 7) is 5.26. The van der Waals surface area contributed by atoms with E-state index in [0.717, 1.165) is 16.0 Å². The first-order chi connectivity index (χ1) is 11.1. The summed E-state index contributed by atoms with van der Waals surface area (Å²) in [5, 5.41) is 4.52. The maximum Gasteiger partial charge on any atom is 0.282 e. The lowest BCUT2D eigenvalue weighted by atomic mass is 10.00. The van der Waals surface area contributed by atoms with Crippen LogP contribution in [-0.2, 0) is 0 Å². The second-order valence-corrected chi connectivity index (χ2v) is 7.07. The zero-order chi connectivity index (χ0) is 16.0. The molecule has 23 heavy (non-hydrogen) atoms. The minimum absolute atomic E-state index is 0.0222. The third-order valence-electron chi connectivity index (χ3n) is 3.97. The van der Waals surface area contributed by atoms with Crippen molar-refractivity contribution in [3.05, 3.63) is 41.0 Å². The molecule has 118 valence electrons. The maximum absolute atomic E-state index is 12.5. The molecule has 7 heteroatoms. The number of benzene rings is 1. The van der Waals surface area contributed by atoms with E-state index in [1.807, 2.05) is 38.1 Å². The van der Waals surface area contributed by atoms with Crippen LogP contribution in [0.4, 0.5) is 0 Å². The normalized spacial score (nSPS) is 15.3. The summed E-state index contributed by atoms with van der Waals surface area (Å²) in [7, 11) is 0. The minimum atomic E-state index is -0.0222. The first-order valence-corrected chi connectivity index (χ1v) is 8.42. The number of para-hydroxylation sites is 1. The number of fused-ring (bicyclic) bond motifs is 1. The topological polar surface area (TPSA) is 72.1 Å². The van der Waals surface area contributed by atoms with Crippen molar-refractivity contribution in [2.45, 2.75) is 25.7 Å². The Bertz CT molecular complexity index is 831. The molecule has 1 aliphatic heterocycles. The van der Waals surface area contributed by atoms with E-state index in [9.17, 15) is 4.79 Å². The number of likely N-dealkylation sites (tertiary alicyclic amines) is 1. The molecule has 4 rings (SSSR count). The van der Waals surface area contributed by atoms with E-state index >= 15 is 0 Å². The zero-order valence-electron chi connectivity index (χ0n) is 12.9. The Morgan fingerprint density at radius 1 is 1.30 bits per heavy atom. The van der Waals surface area contributed by atoms with Crippen LogP contribution in [0.1, 0.15) is 47.2 Å². The molecule has 0 radical (unpaired) electrons. The number of hydrogen-bond acceptors (Lipinski definition) is 6. The number of thiazole rings is 1. The quantitative estimate of drug-likeness (QED) is 0.739. The highest BCUT2D eigenvalue weighted by atomic mass is 32.1. The number of carbonyl (C=O) groups excluding carboxylic acids is 1. The molecule has 0 unspecified atom stereocenters. The summed E-state index contributed by atoms with van der Waals surface area (Å²) in [6, 6.07) is 7.79. The fraction of sp³-hybridized carbons (Fsp3) is 0.375. The van der Waals surface area contributed by atoms with Gasteiger partial charge in [-0.3, -0.25) is 4.79 Å². The van der Waals surface area contributed by atoms with Gasteiger partial charge in [-0.25, -0.2) is 4.98 Å². The van der Waals surface area contributed by atoms with E-state index in [1.165, 1.54) is 11.3 Å². The highest BCUT2D eigenvalue weighted by molar-refractivity contribution is 7.20. The maximum atomic E-state index is 12.5. The van der Waals surface area contributed by atoms with Gasteiger partial charge in [0.25, 0.3) is 5.91 Å². The van der Waals surface area contributed by atoms with Crippen molar-refractivity contribution in [2.24, 2.45) is 0 Å². The van der Waals surface area contributed by atoms with Crippen molar-refractivity contribution < 1.29 is 9.32 Å². The van der Waals surface area contributed by atoms with Gasteiger partial charge in [0.05, 0.1) is 16.1 Å². The van der Waals surface area contributed by atoms with Gasteiger partial charge in [0, 0.05) is 19.0 Å². The summed E-state index contributed by atoms with van der Waals surface area (Å²) in [4.78, 5) is 23.1. The van der Waals surface area contributed by atoms with Crippen LogP contribution >= 0.6 is 11.3 Å². The highest BCUT2D eigenvalue weighted by Gasteiger charge is 2.37. The Balaban J connectivity index is 1.45. The number of nitrogens with zero attached hydrogens (tertiary/aromatic N) is 4. The molecule has 0 N–H and O–H groups in total. The smallest absolute Gasteiger partial charge is 0.282 e. The minimum Gasteiger partial charge on any atom is -0.339 e. The van der Waals surface area contributed by atoms with Crippen LogP contribution in [0.25, 0.3) is 10.2 Å². The third-order valence-corrected chi connectivity index (χ3v) is 4.99. The molecule has 3 aromatic rings. The predicted molar refractivity (Wildman–Crippen MR) is 86.7 cm³/mol. The molecule has 0 aliphatic carbocycles. The van der Waals surface area contributed by atoms with Crippen molar-refractivity contribution in [3.8, 4) is 0 Å². The lowest BCUT2D eigenvalue weighted by Gasteiger charge is -2.36. The van der Waals surface area contributed by atoms with Gasteiger partial charge in [0.1, 0.15) is 0 Å². The van der Waals surface area contributed by atoms with E-state index in [4.69, 9.17) is 4.52 Å². The zero-order valence-corrected chi connectivity index (χ0v) is 13.7. The van der Waals surface area contributed by atoms with Gasteiger partial charge in [-0.2, -0.15) is 4.98 Å². The summed E-state index contributed by atoms with van der Waals surface area (Å²) in [6.07, 6.45) is 0. The number of rotatable bonds is 3. The van der Waals surface area contributed by atoms with Crippen molar-refractivity contribution >= 4 is 27.5 Å². The van der Waals surface area contributed by atoms with Gasteiger partial charge in [-0.15, -0.1) is 11.3 Å². The average Bonchev–Trinajstić information content (AvgIpc) is 3.12. The molecule has 2 aromatic heterocycles. The Morgan fingerprint density at radius 3 is 2.78 bits per heavy atom. The van der Waals surface area contributed by atoms with Crippen molar-refractivity contribution in [1.29, 1.82) is 0 Å². The Kier molecular flexibility index (Phi) is 3.37. The highest BCUT2D eigenvalue weighted by Crippen LogP contribution is 2.30. The number of carbonyl (C=O) groups is 1. The number of aromatic nitrogens is 3. The van der Waals surface area contributed by atoms with Crippen LogP contribution in [0.2, 0.25) is 0 Å². The van der Waals surface area contributed by atoms with Crippen molar-refractivity contribution in [2.75, 3.05) is 13.1 Å². The molecule has 3 heterocycles. The molecule has 1 fully saturated rings. The average molecular weight is 328 g/mol. The van der Waals surface area contributed by atoms with Crippen LogP contribution in [0.3, 0.4) is 0 Å². The Labute approximate surface area is 137 Å². The summed E-state index contributed by atoms with van der Waals surface area (Å²) < 4.78 is 6.33. The van der Waals surface area contributed by atoms with Crippen LogP contribution in [0.5, 0.6) is 0 Å². The molecule has 0 saturated carbocycles. The molecular formula is C16H16N4O2S. The lowest BCUT2D eigenvalue weighted by molar-refractivity contribution is 0.0569. The first-order valence-electron chi connectivity index (χ1n) is 7.60. The van der Waals surface area contributed by atoms with E-state index in [1.54, 1.807) is 4.90 Å². The van der Waals surface area contributed by atoms with Crippen LogP contribution in [0, 0.1) is 0 Å². The van der Waals surface area contributed by atoms with Crippen LogP contribution < -0.4 is 0 Å². The van der Waals surface area contributed by atoms with Gasteiger partial charge in [-0.1, -0.05) is 31.1 Å². The SMILES string of the molecule is CC(C)c1noc(C2CN(C(=O)c3nc4ccccc4s3)C2)n1. The first kappa shape index (κ1) is 14.3. The van der Waals surface area contributed by atoms with Gasteiger partial charge in [0.15, 0.2) is 10.8 Å². The summed E-state index contributed by atoms with van der Waals surface area (Å²) in [5.41, 5.74) is 0.872. The standard InChI is InChI=1S/C16H16N4O2S/c1-9(2)13-18-14(22-19-13)10-7-20(8-10)16(21)15-17-11-5-3-4-6-12(11)23-15/h3-6,9-10H,7-8H2,1-2H3. The molecule has 0 atom stereocenters. The van der Waals surface area contributed by atoms with E-state index in [0.29, 0.717) is 24.0 Å². The molecule has 1 aromatic carbocycles. The lowest BCUT2D eigenvalue weighted by Crippen LogP contribution is -2.48. The van der Waals surface area contributed by atoms with Crippen molar-refractivity contribution in [3.63, 3.8) is 0 Å². The fourth-order valence-corrected chi connectivity index (χ4v) is 3.48. The monoisotopic (exact) mass is 328 g/mol. The predicted octanol–water partition coefficient (Wildman–Crippen LogP) is 3.04. The third kappa shape index (κ3) is 2.50. The van der Waals surface area contributed by atoms with E-state index in [-0.39, 0.29) is 17.7 Å². The van der Waals surface area contributed by atoms with Crippen LogP contribution in [-0.4, -0.2) is 39.0 Å². The summed E-state index contributed by atoms with van der Waals surface area (Å²) >= 11 is 1.43. The second-order valence-electron chi connectivity index (χ2n) is 6.04. The van der Waals surface area contributed by atoms with Gasteiger partial charge < -0.3 is 9.42 Å². The fourth-order valence-electron chi connectivity index (χ4n) is 2.55. The van der Waals surface area contributed by atoms with Gasteiger partial charge in [0.2, 0.25) is 5.89 Å². The van der Waals surface area contributed by atoms with Gasteiger partial charge >= 0.3 is 0 Å². The largest absolute Gasteiger partial charge is 0.339 e. The molecule has 6 nitrogen and oxygen atoms in total. The Hall–Kier alpha value is -2.28. The van der Waals surface area contributed by atoms with Gasteiger partial charge in [-0.05, 0) is 12.1 Å². The van der Waals surface area contributed by atoms with E-state index < -0.39 is 0 Å². The number of amides is 1. The van der Waals surface area contributed by atoms with E-state index in [2.05, 4.69) is 15.1 Å².